The molecule has 18 heavy (non-hydrogen) atoms. The van der Waals surface area contributed by atoms with Crippen molar-refractivity contribution in [1.29, 1.82) is 0 Å². The van der Waals surface area contributed by atoms with Gasteiger partial charge in [0.2, 0.25) is 0 Å². The summed E-state index contributed by atoms with van der Waals surface area (Å²) in [7, 11) is 1.63. The van der Waals surface area contributed by atoms with Crippen molar-refractivity contribution >= 4 is 27.8 Å². The van der Waals surface area contributed by atoms with Crippen LogP contribution < -0.4 is 10.6 Å². The summed E-state index contributed by atoms with van der Waals surface area (Å²) in [5.74, 6) is 1.28. The molecule has 3 rings (SSSR count). The number of aromatic nitrogens is 3. The number of nitrogens with two attached hydrogens (primary N) is 1. The molecule has 0 unspecified atom stereocenters. The average Bonchev–Trinajstić information content (AvgIpc) is 2.78. The summed E-state index contributed by atoms with van der Waals surface area (Å²) < 4.78 is 1.73. The van der Waals surface area contributed by atoms with Crippen LogP contribution in [-0.4, -0.2) is 21.8 Å². The Morgan fingerprint density at radius 3 is 2.78 bits per heavy atom. The maximum absolute atomic E-state index is 5.97. The number of nitrogens with zero attached hydrogens (tertiary/aromatic N) is 3. The number of anilines is 1. The molecule has 0 aliphatic carbocycles. The van der Waals surface area contributed by atoms with Gasteiger partial charge in [0.25, 0.3) is 0 Å². The van der Waals surface area contributed by atoms with Crippen molar-refractivity contribution in [3.05, 3.63) is 30.1 Å². The molecule has 2 N–H and O–H groups in total. The predicted octanol–water partition coefficient (Wildman–Crippen LogP) is 1.79. The fraction of sp³-hybridized carbons (Fsp3) is 0.231. The molecule has 0 bridgehead atoms. The molecule has 0 saturated heterocycles. The van der Waals surface area contributed by atoms with Crippen molar-refractivity contribution in [1.82, 2.24) is 14.7 Å². The molecule has 0 radical (unpaired) electrons. The van der Waals surface area contributed by atoms with E-state index in [1.807, 2.05) is 31.2 Å². The smallest absolute Gasteiger partial charge is 0.152 e. The molecule has 0 saturated carbocycles. The van der Waals surface area contributed by atoms with Gasteiger partial charge in [-0.1, -0.05) is 25.1 Å². The van der Waals surface area contributed by atoms with Gasteiger partial charge in [0.05, 0.1) is 5.52 Å². The minimum Gasteiger partial charge on any atom is -0.415 e. The van der Waals surface area contributed by atoms with Gasteiger partial charge in [-0.2, -0.15) is 4.73 Å². The lowest BCUT2D eigenvalue weighted by molar-refractivity contribution is 0.169. The van der Waals surface area contributed by atoms with Crippen LogP contribution in [0.1, 0.15) is 12.7 Å². The summed E-state index contributed by atoms with van der Waals surface area (Å²) in [6.45, 7) is 2.03. The third kappa shape index (κ3) is 1.33. The van der Waals surface area contributed by atoms with E-state index in [2.05, 4.69) is 9.97 Å². The van der Waals surface area contributed by atoms with E-state index < -0.39 is 0 Å². The maximum Gasteiger partial charge on any atom is 0.152 e. The molecule has 3 aromatic rings. The highest BCUT2D eigenvalue weighted by molar-refractivity contribution is 6.06. The number of para-hydroxylation sites is 1. The molecule has 0 atom stereocenters. The van der Waals surface area contributed by atoms with Crippen LogP contribution in [0.3, 0.4) is 0 Å². The number of imidazole rings is 1. The number of rotatable bonds is 2. The van der Waals surface area contributed by atoms with Gasteiger partial charge in [-0.25, -0.2) is 9.97 Å². The molecule has 92 valence electrons. The molecule has 0 amide bonds. The number of hydrogen-bond acceptors (Lipinski definition) is 4. The zero-order valence-electron chi connectivity index (χ0n) is 10.3. The van der Waals surface area contributed by atoms with Gasteiger partial charge in [-0.15, -0.1) is 0 Å². The zero-order valence-corrected chi connectivity index (χ0v) is 10.3. The van der Waals surface area contributed by atoms with Crippen LogP contribution in [0.5, 0.6) is 0 Å². The first-order valence-electron chi connectivity index (χ1n) is 5.86. The van der Waals surface area contributed by atoms with Crippen molar-refractivity contribution in [2.75, 3.05) is 12.8 Å². The van der Waals surface area contributed by atoms with Crippen LogP contribution >= 0.6 is 0 Å². The molecule has 0 aliphatic rings. The monoisotopic (exact) mass is 242 g/mol. The second kappa shape index (κ2) is 3.87. The fourth-order valence-electron chi connectivity index (χ4n) is 2.24. The number of nitrogen functional groups attached to an aromatic ring is 1. The van der Waals surface area contributed by atoms with E-state index in [0.717, 1.165) is 28.7 Å². The van der Waals surface area contributed by atoms with Crippen LogP contribution in [0.4, 0.5) is 5.82 Å². The Kier molecular flexibility index (Phi) is 2.33. The second-order valence-corrected chi connectivity index (χ2v) is 4.07. The van der Waals surface area contributed by atoms with Crippen molar-refractivity contribution in [3.63, 3.8) is 0 Å². The Hall–Kier alpha value is -2.30. The van der Waals surface area contributed by atoms with E-state index in [1.54, 1.807) is 11.8 Å². The lowest BCUT2D eigenvalue weighted by Gasteiger charge is -2.07. The van der Waals surface area contributed by atoms with Gasteiger partial charge >= 0.3 is 0 Å². The predicted molar refractivity (Wildman–Crippen MR) is 71.3 cm³/mol. The van der Waals surface area contributed by atoms with Crippen molar-refractivity contribution in [2.24, 2.45) is 0 Å². The highest BCUT2D eigenvalue weighted by Gasteiger charge is 2.16. The highest BCUT2D eigenvalue weighted by Crippen LogP contribution is 2.27. The summed E-state index contributed by atoms with van der Waals surface area (Å²) in [5, 5.41) is 0.996. The van der Waals surface area contributed by atoms with Gasteiger partial charge in [0.15, 0.2) is 5.82 Å². The van der Waals surface area contributed by atoms with Crippen LogP contribution in [0, 0.1) is 0 Å². The molecular weight excluding hydrogens is 228 g/mol. The summed E-state index contributed by atoms with van der Waals surface area (Å²) in [6.07, 6.45) is 0.774. The number of benzene rings is 1. The molecule has 5 nitrogen and oxygen atoms in total. The zero-order chi connectivity index (χ0) is 12.7. The highest BCUT2D eigenvalue weighted by atomic mass is 16.6. The fourth-order valence-corrected chi connectivity index (χ4v) is 2.24. The van der Waals surface area contributed by atoms with E-state index in [9.17, 15) is 0 Å². The Morgan fingerprint density at radius 2 is 2.06 bits per heavy atom. The molecule has 0 spiro atoms. The Labute approximate surface area is 104 Å². The van der Waals surface area contributed by atoms with E-state index in [-0.39, 0.29) is 0 Å². The van der Waals surface area contributed by atoms with Gasteiger partial charge in [-0.05, 0) is 6.07 Å². The first-order chi connectivity index (χ1) is 8.76. The first kappa shape index (κ1) is 10.8. The van der Waals surface area contributed by atoms with Crippen LogP contribution in [-0.2, 0) is 6.42 Å². The van der Waals surface area contributed by atoms with Crippen LogP contribution in [0.15, 0.2) is 24.3 Å². The van der Waals surface area contributed by atoms with E-state index in [1.165, 1.54) is 0 Å². The maximum atomic E-state index is 5.97. The number of aryl methyl sites for hydroxylation is 1. The van der Waals surface area contributed by atoms with Crippen molar-refractivity contribution in [2.45, 2.75) is 13.3 Å². The summed E-state index contributed by atoms with van der Waals surface area (Å²) in [4.78, 5) is 14.3. The number of hydrogen-bond donors (Lipinski definition) is 1. The third-order valence-corrected chi connectivity index (χ3v) is 3.04. The minimum absolute atomic E-state index is 0.439. The number of fused-ring (bicyclic) bond motifs is 3. The Balaban J connectivity index is 2.56. The lowest BCUT2D eigenvalue weighted by Crippen LogP contribution is -2.09. The molecule has 1 aromatic carbocycles. The molecule has 2 heterocycles. The second-order valence-electron chi connectivity index (χ2n) is 4.07. The minimum atomic E-state index is 0.439. The molecule has 2 aromatic heterocycles. The van der Waals surface area contributed by atoms with E-state index in [0.29, 0.717) is 11.3 Å². The molecule has 5 heteroatoms. The van der Waals surface area contributed by atoms with Crippen LogP contribution in [0.2, 0.25) is 0 Å². The van der Waals surface area contributed by atoms with Gasteiger partial charge < -0.3 is 10.6 Å². The Bertz CT molecular complexity index is 733. The summed E-state index contributed by atoms with van der Waals surface area (Å²) in [6, 6.07) is 7.84. The topological polar surface area (TPSA) is 66.0 Å². The Morgan fingerprint density at radius 1 is 1.28 bits per heavy atom. The quantitative estimate of drug-likeness (QED) is 0.744. The van der Waals surface area contributed by atoms with Crippen molar-refractivity contribution in [3.8, 4) is 0 Å². The van der Waals surface area contributed by atoms with Crippen molar-refractivity contribution < 1.29 is 4.84 Å². The molecule has 0 fully saturated rings. The third-order valence-electron chi connectivity index (χ3n) is 3.04. The summed E-state index contributed by atoms with van der Waals surface area (Å²) in [5.41, 5.74) is 8.41. The molecule has 0 aliphatic heterocycles. The summed E-state index contributed by atoms with van der Waals surface area (Å²) >= 11 is 0. The average molecular weight is 242 g/mol. The first-order valence-corrected chi connectivity index (χ1v) is 5.86. The van der Waals surface area contributed by atoms with E-state index >= 15 is 0 Å². The standard InChI is InChI=1S/C13H14N4O/c1-3-10-16-11-12(17(10)18-2)8-6-4-5-7-9(8)15-13(11)14/h4-7H,3H2,1-2H3,(H2,14,15). The van der Waals surface area contributed by atoms with E-state index in [4.69, 9.17) is 10.6 Å². The SMILES string of the molecule is CCc1nc2c(N)nc3ccccc3c2n1OC. The van der Waals surface area contributed by atoms with Gasteiger partial charge in [-0.3, -0.25) is 0 Å². The van der Waals surface area contributed by atoms with Gasteiger partial charge in [0.1, 0.15) is 24.0 Å². The van der Waals surface area contributed by atoms with Crippen LogP contribution in [0.25, 0.3) is 21.9 Å². The molecular formula is C13H14N4O. The largest absolute Gasteiger partial charge is 0.415 e. The van der Waals surface area contributed by atoms with Gasteiger partial charge in [0, 0.05) is 11.8 Å². The lowest BCUT2D eigenvalue weighted by atomic mass is 10.2. The normalized spacial score (nSPS) is 11.2. The number of pyridine rings is 1.